The number of thiazole rings is 1. The maximum absolute atomic E-state index is 4.65. The molecule has 2 aromatic rings. The highest BCUT2D eigenvalue weighted by Crippen LogP contribution is 2.34. The van der Waals surface area contributed by atoms with Gasteiger partial charge in [-0.05, 0) is 25.5 Å². The van der Waals surface area contributed by atoms with Gasteiger partial charge in [-0.15, -0.1) is 11.3 Å². The van der Waals surface area contributed by atoms with Crippen LogP contribution in [0.15, 0.2) is 24.5 Å². The molecule has 0 fully saturated rings. The Bertz CT molecular complexity index is 463. The van der Waals surface area contributed by atoms with E-state index in [9.17, 15) is 0 Å². The first-order valence-corrected chi connectivity index (χ1v) is 6.63. The first-order valence-electron chi connectivity index (χ1n) is 5.30. The summed E-state index contributed by atoms with van der Waals surface area (Å²) in [5, 5.41) is 1.29. The summed E-state index contributed by atoms with van der Waals surface area (Å²) in [7, 11) is 0. The zero-order valence-electron chi connectivity index (χ0n) is 9.34. The van der Waals surface area contributed by atoms with Crippen molar-refractivity contribution in [3.05, 3.63) is 35.1 Å². The van der Waals surface area contributed by atoms with Crippen LogP contribution in [0.5, 0.6) is 0 Å². The molecule has 0 aliphatic carbocycles. The molecule has 0 saturated carbocycles. The fraction of sp³-hybridized carbons (Fsp3) is 0.333. The van der Waals surface area contributed by atoms with Crippen molar-refractivity contribution < 1.29 is 0 Å². The fourth-order valence-corrected chi connectivity index (χ4v) is 2.94. The van der Waals surface area contributed by atoms with E-state index < -0.39 is 0 Å². The average Bonchev–Trinajstić information content (AvgIpc) is 2.74. The maximum Gasteiger partial charge on any atom is 0.125 e. The minimum Gasteiger partial charge on any atom is -0.264 e. The summed E-state index contributed by atoms with van der Waals surface area (Å²) in [6.45, 7) is 4.21. The van der Waals surface area contributed by atoms with Crippen LogP contribution in [0.4, 0.5) is 0 Å². The molecule has 84 valence electrons. The highest BCUT2D eigenvalue weighted by atomic mass is 32.1. The highest BCUT2D eigenvalue weighted by molar-refractivity contribution is 7.80. The van der Waals surface area contributed by atoms with E-state index in [1.165, 1.54) is 4.88 Å². The largest absolute Gasteiger partial charge is 0.264 e. The van der Waals surface area contributed by atoms with E-state index in [1.807, 2.05) is 18.3 Å². The summed E-state index contributed by atoms with van der Waals surface area (Å²) in [5.41, 5.74) is 2.24. The molecule has 0 aliphatic rings. The molecule has 2 aromatic heterocycles. The molecule has 1 atom stereocenters. The van der Waals surface area contributed by atoms with Crippen molar-refractivity contribution >= 4 is 24.0 Å². The van der Waals surface area contributed by atoms with Crippen LogP contribution in [0.1, 0.15) is 29.7 Å². The summed E-state index contributed by atoms with van der Waals surface area (Å²) >= 11 is 6.21. The Hall–Kier alpha value is -0.870. The Morgan fingerprint density at radius 2 is 2.31 bits per heavy atom. The monoisotopic (exact) mass is 250 g/mol. The van der Waals surface area contributed by atoms with Gasteiger partial charge in [-0.2, -0.15) is 12.6 Å². The molecule has 0 N–H and O–H groups in total. The lowest BCUT2D eigenvalue weighted by Crippen LogP contribution is -1.88. The van der Waals surface area contributed by atoms with Crippen molar-refractivity contribution in [2.75, 3.05) is 0 Å². The first-order chi connectivity index (χ1) is 7.72. The molecule has 0 radical (unpaired) electrons. The minimum absolute atomic E-state index is 0.248. The van der Waals surface area contributed by atoms with Crippen molar-refractivity contribution in [1.29, 1.82) is 0 Å². The van der Waals surface area contributed by atoms with Gasteiger partial charge in [0.15, 0.2) is 0 Å². The molecule has 2 heterocycles. The summed E-state index contributed by atoms with van der Waals surface area (Å²) in [4.78, 5) is 10.0. The normalized spacial score (nSPS) is 12.7. The average molecular weight is 250 g/mol. The van der Waals surface area contributed by atoms with Gasteiger partial charge in [0.25, 0.3) is 0 Å². The number of aryl methyl sites for hydroxylation is 1. The number of hydrogen-bond acceptors (Lipinski definition) is 4. The van der Waals surface area contributed by atoms with E-state index in [4.69, 9.17) is 0 Å². The van der Waals surface area contributed by atoms with Crippen LogP contribution in [0.2, 0.25) is 0 Å². The van der Waals surface area contributed by atoms with Crippen molar-refractivity contribution in [1.82, 2.24) is 9.97 Å². The Morgan fingerprint density at radius 3 is 2.81 bits per heavy atom. The van der Waals surface area contributed by atoms with Crippen LogP contribution in [-0.4, -0.2) is 9.97 Å². The Morgan fingerprint density at radius 1 is 1.50 bits per heavy atom. The molecule has 0 amide bonds. The quantitative estimate of drug-likeness (QED) is 0.839. The lowest BCUT2D eigenvalue weighted by molar-refractivity contribution is 1.00. The van der Waals surface area contributed by atoms with Gasteiger partial charge in [0, 0.05) is 28.1 Å². The molecule has 0 aliphatic heterocycles. The van der Waals surface area contributed by atoms with Crippen molar-refractivity contribution in [3.63, 3.8) is 0 Å². The third-order valence-electron chi connectivity index (χ3n) is 2.35. The van der Waals surface area contributed by atoms with E-state index in [0.29, 0.717) is 0 Å². The number of pyridine rings is 1. The first kappa shape index (κ1) is 11.6. The molecular formula is C12H14N2S2. The second kappa shape index (κ2) is 4.97. The number of thiol groups is 1. The maximum atomic E-state index is 4.65. The zero-order valence-corrected chi connectivity index (χ0v) is 11.1. The Labute approximate surface area is 105 Å². The number of nitrogens with zero attached hydrogens (tertiary/aromatic N) is 2. The highest BCUT2D eigenvalue weighted by Gasteiger charge is 2.14. The van der Waals surface area contributed by atoms with E-state index in [2.05, 4.69) is 36.4 Å². The number of hydrogen-bond donors (Lipinski definition) is 1. The molecule has 2 nitrogen and oxygen atoms in total. The second-order valence-corrected chi connectivity index (χ2v) is 5.41. The number of aromatic nitrogens is 2. The smallest absolute Gasteiger partial charge is 0.125 e. The lowest BCUT2D eigenvalue weighted by atomic mass is 10.2. The fourth-order valence-electron chi connectivity index (χ4n) is 1.56. The van der Waals surface area contributed by atoms with Crippen LogP contribution in [0, 0.1) is 0 Å². The third kappa shape index (κ3) is 2.28. The van der Waals surface area contributed by atoms with Crippen molar-refractivity contribution in [3.8, 4) is 10.6 Å². The third-order valence-corrected chi connectivity index (χ3v) is 4.11. The van der Waals surface area contributed by atoms with Gasteiger partial charge in [0.1, 0.15) is 5.01 Å². The Balaban J connectivity index is 2.44. The van der Waals surface area contributed by atoms with Gasteiger partial charge in [0.05, 0.1) is 5.69 Å². The standard InChI is InChI=1S/C12H14N2S2/c1-3-10-11(8(2)15)16-12(14-10)9-5-4-6-13-7-9/h4-8,15H,3H2,1-2H3. The molecule has 0 bridgehead atoms. The molecule has 2 rings (SSSR count). The predicted molar refractivity (Wildman–Crippen MR) is 72.1 cm³/mol. The van der Waals surface area contributed by atoms with E-state index in [1.54, 1.807) is 17.5 Å². The van der Waals surface area contributed by atoms with Crippen LogP contribution in [-0.2, 0) is 6.42 Å². The van der Waals surface area contributed by atoms with Gasteiger partial charge in [-0.25, -0.2) is 4.98 Å². The van der Waals surface area contributed by atoms with Crippen LogP contribution in [0.25, 0.3) is 10.6 Å². The summed E-state index contributed by atoms with van der Waals surface area (Å²) in [6, 6.07) is 3.98. The number of rotatable bonds is 3. The van der Waals surface area contributed by atoms with Gasteiger partial charge in [-0.1, -0.05) is 6.92 Å². The predicted octanol–water partition coefficient (Wildman–Crippen LogP) is 3.76. The van der Waals surface area contributed by atoms with Crippen LogP contribution < -0.4 is 0 Å². The van der Waals surface area contributed by atoms with Gasteiger partial charge in [-0.3, -0.25) is 4.98 Å². The van der Waals surface area contributed by atoms with Gasteiger partial charge < -0.3 is 0 Å². The molecule has 0 spiro atoms. The van der Waals surface area contributed by atoms with Crippen LogP contribution >= 0.6 is 24.0 Å². The summed E-state index contributed by atoms with van der Waals surface area (Å²) in [6.07, 6.45) is 4.59. The van der Waals surface area contributed by atoms with Gasteiger partial charge in [0.2, 0.25) is 0 Å². The van der Waals surface area contributed by atoms with Gasteiger partial charge >= 0.3 is 0 Å². The van der Waals surface area contributed by atoms with Crippen molar-refractivity contribution in [2.24, 2.45) is 0 Å². The van der Waals surface area contributed by atoms with E-state index in [0.717, 1.165) is 22.7 Å². The van der Waals surface area contributed by atoms with E-state index in [-0.39, 0.29) is 5.25 Å². The molecule has 1 unspecified atom stereocenters. The second-order valence-electron chi connectivity index (χ2n) is 3.60. The zero-order chi connectivity index (χ0) is 11.5. The summed E-state index contributed by atoms with van der Waals surface area (Å²) in [5.74, 6) is 0. The molecule has 4 heteroatoms. The SMILES string of the molecule is CCc1nc(-c2cccnc2)sc1C(C)S. The van der Waals surface area contributed by atoms with Crippen molar-refractivity contribution in [2.45, 2.75) is 25.5 Å². The minimum atomic E-state index is 0.248. The lowest BCUT2D eigenvalue weighted by Gasteiger charge is -2.00. The van der Waals surface area contributed by atoms with Crippen LogP contribution in [0.3, 0.4) is 0 Å². The topological polar surface area (TPSA) is 25.8 Å². The molecule has 0 saturated heterocycles. The molecular weight excluding hydrogens is 236 g/mol. The summed E-state index contributed by atoms with van der Waals surface area (Å²) < 4.78 is 0. The Kier molecular flexibility index (Phi) is 3.61. The molecule has 16 heavy (non-hydrogen) atoms. The molecule has 0 aromatic carbocycles. The van der Waals surface area contributed by atoms with E-state index >= 15 is 0 Å².